The van der Waals surface area contributed by atoms with Crippen molar-refractivity contribution in [2.45, 2.75) is 75.1 Å². The van der Waals surface area contributed by atoms with E-state index in [1.54, 1.807) is 30.4 Å². The highest BCUT2D eigenvalue weighted by atomic mass is 32.2. The van der Waals surface area contributed by atoms with Crippen molar-refractivity contribution >= 4 is 35.5 Å². The van der Waals surface area contributed by atoms with Crippen LogP contribution in [0.25, 0.3) is 22.5 Å². The summed E-state index contributed by atoms with van der Waals surface area (Å²) in [6.07, 6.45) is 3.66. The van der Waals surface area contributed by atoms with Gasteiger partial charge in [-0.25, -0.2) is 4.79 Å². The Hall–Kier alpha value is -5.40. The SMILES string of the molecule is CCOC(Cc1ccc(OCCn2c(Cc3cc(-c4ccc(SC)cc4)n(CCOc4ccc(C(CC(=O)O)OCC)cc4)c3C)ccc2-c2ccc(SC)cc2)cc1)C(=O)O. The number of hydrogen-bond acceptors (Lipinski definition) is 8. The van der Waals surface area contributed by atoms with Crippen LogP contribution in [0.4, 0.5) is 0 Å². The number of carbonyl (C=O) groups is 2. The average molecular weight is 877 g/mol. The highest BCUT2D eigenvalue weighted by Gasteiger charge is 2.20. The van der Waals surface area contributed by atoms with Gasteiger partial charge >= 0.3 is 11.9 Å². The number of carboxylic acid groups (broad SMARTS) is 2. The van der Waals surface area contributed by atoms with Gasteiger partial charge in [-0.1, -0.05) is 48.5 Å². The van der Waals surface area contributed by atoms with Gasteiger partial charge in [0.1, 0.15) is 24.7 Å². The Morgan fingerprint density at radius 3 is 1.74 bits per heavy atom. The number of benzene rings is 4. The van der Waals surface area contributed by atoms with E-state index in [1.165, 1.54) is 15.4 Å². The van der Waals surface area contributed by atoms with Gasteiger partial charge in [0, 0.05) is 58.6 Å². The number of ether oxygens (including phenoxy) is 4. The van der Waals surface area contributed by atoms with Crippen LogP contribution in [0, 0.1) is 6.92 Å². The summed E-state index contributed by atoms with van der Waals surface area (Å²) >= 11 is 3.44. The average Bonchev–Trinajstić information content (AvgIpc) is 3.82. The van der Waals surface area contributed by atoms with E-state index in [4.69, 9.17) is 18.9 Å². The molecular weight excluding hydrogens is 821 g/mol. The molecule has 0 spiro atoms. The Bertz CT molecular complexity index is 2350. The van der Waals surface area contributed by atoms with Gasteiger partial charge in [-0.2, -0.15) is 0 Å². The second kappa shape index (κ2) is 22.6. The molecule has 0 bridgehead atoms. The molecule has 2 atom stereocenters. The lowest BCUT2D eigenvalue weighted by Crippen LogP contribution is -2.26. The van der Waals surface area contributed by atoms with E-state index in [2.05, 4.69) is 95.3 Å². The molecule has 0 saturated heterocycles. The topological polar surface area (TPSA) is 121 Å². The number of aromatic nitrogens is 2. The summed E-state index contributed by atoms with van der Waals surface area (Å²) < 4.78 is 28.4. The van der Waals surface area contributed by atoms with Crippen molar-refractivity contribution in [2.75, 3.05) is 38.9 Å². The third-order valence-electron chi connectivity index (χ3n) is 10.8. The third-order valence-corrected chi connectivity index (χ3v) is 12.3. The Morgan fingerprint density at radius 1 is 0.661 bits per heavy atom. The van der Waals surface area contributed by atoms with Crippen molar-refractivity contribution in [1.29, 1.82) is 0 Å². The molecule has 0 fully saturated rings. The van der Waals surface area contributed by atoms with Gasteiger partial charge in [0.25, 0.3) is 0 Å². The molecular formula is C50H56N2O8S2. The fraction of sp³-hybridized carbons (Fsp3) is 0.320. The largest absolute Gasteiger partial charge is 0.492 e. The molecule has 0 amide bonds. The standard InChI is InChI=1S/C50H56N2O8S2/c1-6-57-47(33-49(53)54)38-10-19-42(20-11-38)59-28-26-51-34(3)39(32-46(51)37-14-23-44(62-5)24-15-37)31-40-16-25-45(36-12-21-43(61-4)22-13-36)52(40)27-29-60-41-17-8-35(9-18-41)30-48(50(55)56)58-7-2/h8-25,32,47-48H,6-7,26-31,33H2,1-5H3,(H,53,54)(H,55,56). The van der Waals surface area contributed by atoms with Crippen LogP contribution in [-0.2, 0) is 45.0 Å². The van der Waals surface area contributed by atoms with Crippen molar-refractivity contribution < 1.29 is 38.7 Å². The highest BCUT2D eigenvalue weighted by molar-refractivity contribution is 7.98. The van der Waals surface area contributed by atoms with E-state index in [9.17, 15) is 19.8 Å². The minimum atomic E-state index is -0.970. The van der Waals surface area contributed by atoms with E-state index in [1.807, 2.05) is 55.5 Å². The molecule has 12 heteroatoms. The molecule has 6 aromatic rings. The van der Waals surface area contributed by atoms with Crippen molar-refractivity contribution in [2.24, 2.45) is 0 Å². The quantitative estimate of drug-likeness (QED) is 0.0569. The summed E-state index contributed by atoms with van der Waals surface area (Å²) in [6, 6.07) is 39.1. The van der Waals surface area contributed by atoms with E-state index in [0.717, 1.165) is 45.0 Å². The maximum absolute atomic E-state index is 11.6. The van der Waals surface area contributed by atoms with Crippen molar-refractivity contribution in [1.82, 2.24) is 9.13 Å². The van der Waals surface area contributed by atoms with Crippen LogP contribution < -0.4 is 9.47 Å². The second-order valence-electron chi connectivity index (χ2n) is 14.7. The number of thioether (sulfide) groups is 2. The van der Waals surface area contributed by atoms with Gasteiger partial charge in [-0.05, 0) is 128 Å². The first kappa shape index (κ1) is 46.1. The predicted molar refractivity (Wildman–Crippen MR) is 248 cm³/mol. The molecule has 10 nitrogen and oxygen atoms in total. The van der Waals surface area contributed by atoms with Gasteiger partial charge in [0.15, 0.2) is 6.10 Å². The van der Waals surface area contributed by atoms with E-state index in [-0.39, 0.29) is 12.8 Å². The predicted octanol–water partition coefficient (Wildman–Crippen LogP) is 10.7. The molecule has 0 radical (unpaired) electrons. The van der Waals surface area contributed by atoms with E-state index >= 15 is 0 Å². The van der Waals surface area contributed by atoms with Crippen LogP contribution in [0.3, 0.4) is 0 Å². The summed E-state index contributed by atoms with van der Waals surface area (Å²) in [5, 5.41) is 18.9. The summed E-state index contributed by atoms with van der Waals surface area (Å²) in [5.74, 6) is -0.451. The van der Waals surface area contributed by atoms with Gasteiger partial charge < -0.3 is 38.3 Å². The lowest BCUT2D eigenvalue weighted by Gasteiger charge is -2.17. The first-order valence-corrected chi connectivity index (χ1v) is 23.3. The third kappa shape index (κ3) is 12.2. The lowest BCUT2D eigenvalue weighted by molar-refractivity contribution is -0.150. The Labute approximate surface area is 373 Å². The zero-order chi connectivity index (χ0) is 44.0. The van der Waals surface area contributed by atoms with Gasteiger partial charge in [0.2, 0.25) is 0 Å². The van der Waals surface area contributed by atoms with Crippen LogP contribution in [0.5, 0.6) is 11.5 Å². The molecule has 2 aromatic heterocycles. The smallest absolute Gasteiger partial charge is 0.333 e. The zero-order valence-electron chi connectivity index (χ0n) is 36.0. The van der Waals surface area contributed by atoms with Crippen molar-refractivity contribution in [3.63, 3.8) is 0 Å². The van der Waals surface area contributed by atoms with Crippen LogP contribution >= 0.6 is 23.5 Å². The first-order valence-electron chi connectivity index (χ1n) is 20.9. The molecule has 326 valence electrons. The molecule has 0 aliphatic carbocycles. The second-order valence-corrected chi connectivity index (χ2v) is 16.5. The maximum atomic E-state index is 11.6. The number of hydrogen-bond donors (Lipinski definition) is 2. The van der Waals surface area contributed by atoms with Crippen LogP contribution in [0.2, 0.25) is 0 Å². The van der Waals surface area contributed by atoms with Crippen molar-refractivity contribution in [3.8, 4) is 34.0 Å². The molecule has 2 heterocycles. The van der Waals surface area contributed by atoms with Gasteiger partial charge in [-0.15, -0.1) is 23.5 Å². The van der Waals surface area contributed by atoms with Gasteiger partial charge in [0.05, 0.1) is 25.6 Å². The number of rotatable bonds is 24. The molecule has 0 aliphatic heterocycles. The van der Waals surface area contributed by atoms with Crippen LogP contribution in [-0.4, -0.2) is 76.3 Å². The Balaban J connectivity index is 1.23. The molecule has 4 aromatic carbocycles. The van der Waals surface area contributed by atoms with Crippen LogP contribution in [0.15, 0.2) is 125 Å². The fourth-order valence-electron chi connectivity index (χ4n) is 7.58. The summed E-state index contributed by atoms with van der Waals surface area (Å²) in [7, 11) is 0. The number of nitrogens with zero attached hydrogens (tertiary/aromatic N) is 2. The molecule has 62 heavy (non-hydrogen) atoms. The molecule has 0 aliphatic rings. The maximum Gasteiger partial charge on any atom is 0.333 e. The minimum Gasteiger partial charge on any atom is -0.492 e. The van der Waals surface area contributed by atoms with E-state index < -0.39 is 24.1 Å². The Morgan fingerprint density at radius 2 is 1.21 bits per heavy atom. The molecule has 6 rings (SSSR count). The first-order chi connectivity index (χ1) is 30.1. The molecule has 2 N–H and O–H groups in total. The summed E-state index contributed by atoms with van der Waals surface area (Å²) in [6.45, 7) is 8.70. The zero-order valence-corrected chi connectivity index (χ0v) is 37.7. The van der Waals surface area contributed by atoms with E-state index in [0.29, 0.717) is 57.4 Å². The molecule has 0 saturated carbocycles. The number of carboxylic acids is 2. The van der Waals surface area contributed by atoms with Crippen LogP contribution in [0.1, 0.15) is 54.5 Å². The Kier molecular flexibility index (Phi) is 16.8. The highest BCUT2D eigenvalue weighted by Crippen LogP contribution is 2.32. The monoisotopic (exact) mass is 876 g/mol. The van der Waals surface area contributed by atoms with Gasteiger partial charge in [-0.3, -0.25) is 4.79 Å². The minimum absolute atomic E-state index is 0.0985. The fourth-order valence-corrected chi connectivity index (χ4v) is 8.40. The molecule has 2 unspecified atom stereocenters. The lowest BCUT2D eigenvalue weighted by atomic mass is 10.1. The number of aliphatic carboxylic acids is 2. The van der Waals surface area contributed by atoms with Crippen molar-refractivity contribution in [3.05, 3.63) is 143 Å². The normalized spacial score (nSPS) is 12.3. The summed E-state index contributed by atoms with van der Waals surface area (Å²) in [5.41, 5.74) is 9.70. The summed E-state index contributed by atoms with van der Waals surface area (Å²) in [4.78, 5) is 25.4.